The van der Waals surface area contributed by atoms with Gasteiger partial charge in [-0.25, -0.2) is 4.98 Å². The Balaban J connectivity index is 1.72. The summed E-state index contributed by atoms with van der Waals surface area (Å²) in [5, 5.41) is 6.90. The minimum absolute atomic E-state index is 0.451. The van der Waals surface area contributed by atoms with Crippen LogP contribution < -0.4 is 10.6 Å². The first-order valence-corrected chi connectivity index (χ1v) is 9.12. The second-order valence-electron chi connectivity index (χ2n) is 6.53. The molecule has 1 aromatic heterocycles. The molecule has 1 saturated heterocycles. The van der Waals surface area contributed by atoms with Crippen molar-refractivity contribution < 1.29 is 0 Å². The quantitative estimate of drug-likeness (QED) is 0.789. The molecule has 1 aliphatic rings. The largest absolute Gasteiger partial charge is 0.351 e. The van der Waals surface area contributed by atoms with Crippen molar-refractivity contribution in [3.8, 4) is 0 Å². The molecule has 0 radical (unpaired) electrons. The normalized spacial score (nSPS) is 16.1. The molecule has 0 saturated carbocycles. The number of nitrogens with one attached hydrogen (secondary N) is 2. The predicted molar refractivity (Wildman–Crippen MR) is 106 cm³/mol. The average Bonchev–Trinajstić information content (AvgIpc) is 2.53. The first-order valence-electron chi connectivity index (χ1n) is 8.33. The second-order valence-corrected chi connectivity index (χ2v) is 7.44. The topological polar surface area (TPSA) is 53.1 Å². The highest BCUT2D eigenvalue weighted by molar-refractivity contribution is 9.10. The number of aryl methyl sites for hydroxylation is 2. The molecule has 0 spiro atoms. The number of nitrogens with zero attached hydrogens (tertiary/aromatic N) is 3. The van der Waals surface area contributed by atoms with Crippen LogP contribution in [0.15, 0.2) is 28.9 Å². The molecule has 0 aliphatic carbocycles. The van der Waals surface area contributed by atoms with Crippen molar-refractivity contribution in [2.45, 2.75) is 32.7 Å². The van der Waals surface area contributed by atoms with Gasteiger partial charge in [0.15, 0.2) is 7.98 Å². The Kier molecular flexibility index (Phi) is 5.41. The van der Waals surface area contributed by atoms with Crippen LogP contribution in [0.2, 0.25) is 0 Å². The van der Waals surface area contributed by atoms with Gasteiger partial charge in [0.05, 0.1) is 0 Å². The summed E-state index contributed by atoms with van der Waals surface area (Å²) in [5.41, 5.74) is 3.47. The molecule has 24 heavy (non-hydrogen) atoms. The third-order valence-electron chi connectivity index (χ3n) is 4.46. The molecule has 3 rings (SSSR count). The maximum atomic E-state index is 4.63. The van der Waals surface area contributed by atoms with E-state index in [4.69, 9.17) is 0 Å². The van der Waals surface area contributed by atoms with E-state index in [1.807, 2.05) is 6.07 Å². The van der Waals surface area contributed by atoms with E-state index < -0.39 is 0 Å². The van der Waals surface area contributed by atoms with Crippen LogP contribution in [-0.2, 0) is 0 Å². The van der Waals surface area contributed by atoms with Crippen molar-refractivity contribution in [2.24, 2.45) is 0 Å². The molecule has 2 N–H and O–H groups in total. The summed E-state index contributed by atoms with van der Waals surface area (Å²) in [5.74, 6) is 1.51. The van der Waals surface area contributed by atoms with Crippen LogP contribution in [0, 0.1) is 13.8 Å². The van der Waals surface area contributed by atoms with Gasteiger partial charge >= 0.3 is 0 Å². The average molecular weight is 388 g/mol. The summed E-state index contributed by atoms with van der Waals surface area (Å²) in [4.78, 5) is 11.4. The number of benzene rings is 1. The summed E-state index contributed by atoms with van der Waals surface area (Å²) in [6, 6.07) is 6.57. The summed E-state index contributed by atoms with van der Waals surface area (Å²) in [7, 11) is 2.17. The van der Waals surface area contributed by atoms with E-state index in [-0.39, 0.29) is 0 Å². The monoisotopic (exact) mass is 387 g/mol. The van der Waals surface area contributed by atoms with E-state index in [0.717, 1.165) is 41.9 Å². The van der Waals surface area contributed by atoms with E-state index in [2.05, 4.69) is 75.3 Å². The van der Waals surface area contributed by atoms with Crippen molar-refractivity contribution in [2.75, 3.05) is 23.7 Å². The lowest BCUT2D eigenvalue weighted by Crippen LogP contribution is -2.37. The van der Waals surface area contributed by atoms with Gasteiger partial charge < -0.3 is 15.4 Å². The number of halogens is 1. The summed E-state index contributed by atoms with van der Waals surface area (Å²) in [6.07, 6.45) is 4.06. The molecular weight excluding hydrogens is 365 g/mol. The Morgan fingerprint density at radius 1 is 1.21 bits per heavy atom. The first-order chi connectivity index (χ1) is 11.5. The summed E-state index contributed by atoms with van der Waals surface area (Å²) in [6.45, 7) is 6.43. The maximum absolute atomic E-state index is 4.63. The second kappa shape index (κ2) is 7.53. The zero-order valence-corrected chi connectivity index (χ0v) is 16.0. The zero-order valence-electron chi connectivity index (χ0n) is 14.4. The van der Waals surface area contributed by atoms with Gasteiger partial charge in [0, 0.05) is 22.4 Å². The van der Waals surface area contributed by atoms with E-state index >= 15 is 0 Å². The summed E-state index contributed by atoms with van der Waals surface area (Å²) >= 11 is 3.54. The molecule has 0 amide bonds. The Morgan fingerprint density at radius 2 is 1.88 bits per heavy atom. The highest BCUT2D eigenvalue weighted by Gasteiger charge is 2.17. The highest BCUT2D eigenvalue weighted by atomic mass is 79.9. The van der Waals surface area contributed by atoms with Gasteiger partial charge in [-0.2, -0.15) is 4.98 Å². The molecule has 2 heterocycles. The lowest BCUT2D eigenvalue weighted by Gasteiger charge is -2.29. The van der Waals surface area contributed by atoms with E-state index in [9.17, 15) is 0 Å². The van der Waals surface area contributed by atoms with Crippen molar-refractivity contribution in [3.05, 3.63) is 40.0 Å². The summed E-state index contributed by atoms with van der Waals surface area (Å²) < 4.78 is 1.09. The van der Waals surface area contributed by atoms with Crippen LogP contribution in [0.5, 0.6) is 0 Å². The minimum atomic E-state index is 0.451. The number of piperidine rings is 1. The van der Waals surface area contributed by atoms with Gasteiger partial charge in [-0.1, -0.05) is 15.9 Å². The fraction of sp³-hybridized carbons (Fsp3) is 0.412. The van der Waals surface area contributed by atoms with Crippen LogP contribution in [-0.4, -0.2) is 41.9 Å². The standard InChI is InChI=1S/C17H23BBrN5/c1-11-9-13(19)10-12(2)16(11)22-15-3-6-20-17(23-15)21-14-4-7-24(18)8-5-14/h3,6,9-10,14H,4-5,7-8,18H2,1-2H3,(H2,20,21,22,23). The number of rotatable bonds is 4. The van der Waals surface area contributed by atoms with Gasteiger partial charge in [0.2, 0.25) is 5.95 Å². The van der Waals surface area contributed by atoms with Gasteiger partial charge in [-0.05, 0) is 69.1 Å². The molecular formula is C17H23BBrN5. The molecule has 0 bridgehead atoms. The van der Waals surface area contributed by atoms with E-state index in [0.29, 0.717) is 12.0 Å². The van der Waals surface area contributed by atoms with Crippen molar-refractivity contribution in [1.29, 1.82) is 0 Å². The van der Waals surface area contributed by atoms with Crippen LogP contribution in [0.25, 0.3) is 0 Å². The van der Waals surface area contributed by atoms with Crippen molar-refractivity contribution in [3.63, 3.8) is 0 Å². The number of aromatic nitrogens is 2. The van der Waals surface area contributed by atoms with Gasteiger partial charge in [0.25, 0.3) is 0 Å². The van der Waals surface area contributed by atoms with Crippen LogP contribution in [0.1, 0.15) is 24.0 Å². The third kappa shape index (κ3) is 4.27. The number of hydrogen-bond donors (Lipinski definition) is 2. The fourth-order valence-electron chi connectivity index (χ4n) is 3.07. The Hall–Kier alpha value is -1.60. The SMILES string of the molecule is BN1CCC(Nc2nccc(Nc3c(C)cc(Br)cc3C)n2)CC1. The van der Waals surface area contributed by atoms with E-state index in [1.165, 1.54) is 11.1 Å². The molecule has 1 aliphatic heterocycles. The highest BCUT2D eigenvalue weighted by Crippen LogP contribution is 2.27. The Morgan fingerprint density at radius 3 is 2.54 bits per heavy atom. The number of anilines is 3. The molecule has 126 valence electrons. The Labute approximate surface area is 152 Å². The van der Waals surface area contributed by atoms with Crippen LogP contribution in [0.4, 0.5) is 17.5 Å². The van der Waals surface area contributed by atoms with E-state index in [1.54, 1.807) is 6.20 Å². The lowest BCUT2D eigenvalue weighted by atomic mass is 10.0. The number of hydrogen-bond acceptors (Lipinski definition) is 5. The fourth-order valence-corrected chi connectivity index (χ4v) is 3.76. The molecule has 1 aromatic carbocycles. The molecule has 5 nitrogen and oxygen atoms in total. The molecule has 0 atom stereocenters. The van der Waals surface area contributed by atoms with Crippen molar-refractivity contribution >= 4 is 41.4 Å². The third-order valence-corrected chi connectivity index (χ3v) is 4.92. The van der Waals surface area contributed by atoms with Crippen molar-refractivity contribution in [1.82, 2.24) is 14.8 Å². The van der Waals surface area contributed by atoms with Crippen LogP contribution in [0.3, 0.4) is 0 Å². The Bertz CT molecular complexity index is 693. The zero-order chi connectivity index (χ0) is 17.1. The molecule has 2 aromatic rings. The predicted octanol–water partition coefficient (Wildman–Crippen LogP) is 3.02. The van der Waals surface area contributed by atoms with Gasteiger partial charge in [-0.3, -0.25) is 0 Å². The van der Waals surface area contributed by atoms with Gasteiger partial charge in [-0.15, -0.1) is 0 Å². The molecule has 1 fully saturated rings. The molecule has 7 heteroatoms. The first kappa shape index (κ1) is 17.2. The van der Waals surface area contributed by atoms with Gasteiger partial charge in [0.1, 0.15) is 5.82 Å². The lowest BCUT2D eigenvalue weighted by molar-refractivity contribution is 0.346. The van der Waals surface area contributed by atoms with Crippen LogP contribution >= 0.6 is 15.9 Å². The maximum Gasteiger partial charge on any atom is 0.224 e. The minimum Gasteiger partial charge on any atom is -0.351 e. The smallest absolute Gasteiger partial charge is 0.224 e. The molecule has 0 unspecified atom stereocenters.